The predicted molar refractivity (Wildman–Crippen MR) is 263 cm³/mol. The first-order valence-corrected chi connectivity index (χ1v) is 25.3. The van der Waals surface area contributed by atoms with Crippen molar-refractivity contribution in [2.24, 2.45) is 11.8 Å². The average molecular weight is 899 g/mol. The summed E-state index contributed by atoms with van der Waals surface area (Å²) in [4.78, 5) is 39.9. The molecule has 0 radical (unpaired) electrons. The standard InChI is InChI=1S/C28H32N4O2.C26H28N4O.C2H6/c1-19-8-11-25(23-14-29-32(17-23)15-20-5-2-3-6-20)27(30-19)21-9-10-22-16-31(28(33)26(22)13-21)18-24-7-4-12-34-24;1-17-6-11-23(21-13-27-29(15-21)14-18-4-2-3-5-18)25(28-17)19-7-8-20-16-30(22-9-10-22)26(31)24(20)12-19;1-2/h8-11,13-14,17,20,24H,2-7,12,15-16,18H2,1H3;6-8,11-13,15,18,22H,2-5,9-10,14,16H2,1H3;1-2H3. The van der Waals surface area contributed by atoms with Crippen LogP contribution in [0.25, 0.3) is 44.8 Å². The quantitative estimate of drug-likeness (QED) is 0.127. The van der Waals surface area contributed by atoms with Crippen LogP contribution in [-0.2, 0) is 30.9 Å². The number of aromatic nitrogens is 6. The zero-order valence-electron chi connectivity index (χ0n) is 39.9. The summed E-state index contributed by atoms with van der Waals surface area (Å²) in [5, 5.41) is 9.31. The molecule has 0 bridgehead atoms. The normalized spacial score (nSPS) is 19.1. The first kappa shape index (κ1) is 44.9. The van der Waals surface area contributed by atoms with Gasteiger partial charge in [-0.1, -0.05) is 75.9 Å². The summed E-state index contributed by atoms with van der Waals surface area (Å²) in [5.74, 6) is 1.77. The number of rotatable bonds is 11. The molecule has 4 fully saturated rings. The van der Waals surface area contributed by atoms with E-state index in [1.54, 1.807) is 0 Å². The fourth-order valence-corrected chi connectivity index (χ4v) is 11.0. The molecule has 3 aliphatic heterocycles. The number of pyridine rings is 2. The smallest absolute Gasteiger partial charge is 0.254 e. The van der Waals surface area contributed by atoms with Gasteiger partial charge in [0.05, 0.1) is 29.9 Å². The Labute approximate surface area is 396 Å². The molecular formula is C56H66N8O3. The molecule has 6 aromatic rings. The van der Waals surface area contributed by atoms with Gasteiger partial charge in [0.15, 0.2) is 0 Å². The molecule has 6 aliphatic rings. The highest BCUT2D eigenvalue weighted by Crippen LogP contribution is 2.39. The second kappa shape index (κ2) is 19.7. The molecule has 348 valence electrons. The van der Waals surface area contributed by atoms with Gasteiger partial charge in [-0.25, -0.2) is 0 Å². The molecule has 0 spiro atoms. The highest BCUT2D eigenvalue weighted by atomic mass is 16.5. The van der Waals surface area contributed by atoms with Gasteiger partial charge in [-0.05, 0) is 112 Å². The van der Waals surface area contributed by atoms with Crippen molar-refractivity contribution in [3.05, 3.63) is 119 Å². The molecule has 3 aliphatic carbocycles. The van der Waals surface area contributed by atoms with E-state index in [1.165, 1.54) is 51.4 Å². The van der Waals surface area contributed by atoms with Crippen LogP contribution in [-0.4, -0.2) is 76.4 Å². The van der Waals surface area contributed by atoms with E-state index in [-0.39, 0.29) is 17.9 Å². The number of fused-ring (bicyclic) bond motifs is 2. The van der Waals surface area contributed by atoms with Crippen LogP contribution in [0.3, 0.4) is 0 Å². The zero-order valence-corrected chi connectivity index (χ0v) is 39.9. The Balaban J connectivity index is 0.000000152. The van der Waals surface area contributed by atoms with Gasteiger partial charge in [0, 0.05) is 114 Å². The molecule has 12 rings (SSSR count). The summed E-state index contributed by atoms with van der Waals surface area (Å²) in [6, 6.07) is 21.3. The van der Waals surface area contributed by atoms with E-state index in [9.17, 15) is 9.59 Å². The lowest BCUT2D eigenvalue weighted by atomic mass is 9.98. The van der Waals surface area contributed by atoms with E-state index in [2.05, 4.69) is 80.5 Å². The fourth-order valence-electron chi connectivity index (χ4n) is 11.0. The van der Waals surface area contributed by atoms with E-state index < -0.39 is 0 Å². The van der Waals surface area contributed by atoms with Gasteiger partial charge >= 0.3 is 0 Å². The molecule has 1 atom stereocenters. The summed E-state index contributed by atoms with van der Waals surface area (Å²) >= 11 is 0. The number of aryl methyl sites for hydroxylation is 2. The number of carbonyl (C=O) groups excluding carboxylic acids is 2. The molecule has 67 heavy (non-hydrogen) atoms. The predicted octanol–water partition coefficient (Wildman–Crippen LogP) is 11.5. The van der Waals surface area contributed by atoms with Crippen LogP contribution in [0.4, 0.5) is 0 Å². The van der Waals surface area contributed by atoms with Crippen LogP contribution in [0.5, 0.6) is 0 Å². The molecular weight excluding hydrogens is 833 g/mol. The van der Waals surface area contributed by atoms with Gasteiger partial charge in [0.2, 0.25) is 0 Å². The molecule has 3 saturated carbocycles. The molecule has 0 N–H and O–H groups in total. The lowest BCUT2D eigenvalue weighted by molar-refractivity contribution is 0.0545. The van der Waals surface area contributed by atoms with Crippen LogP contribution in [0.2, 0.25) is 0 Å². The van der Waals surface area contributed by atoms with Gasteiger partial charge < -0.3 is 14.5 Å². The maximum Gasteiger partial charge on any atom is 0.254 e. The Morgan fingerprint density at radius 2 is 1.07 bits per heavy atom. The highest BCUT2D eigenvalue weighted by molar-refractivity contribution is 6.01. The minimum Gasteiger partial charge on any atom is -0.376 e. The first-order valence-electron chi connectivity index (χ1n) is 25.3. The van der Waals surface area contributed by atoms with Crippen LogP contribution in [0.1, 0.15) is 134 Å². The number of hydrogen-bond donors (Lipinski definition) is 0. The number of amides is 2. The Morgan fingerprint density at radius 1 is 0.552 bits per heavy atom. The Bertz CT molecular complexity index is 2730. The minimum absolute atomic E-state index is 0.103. The summed E-state index contributed by atoms with van der Waals surface area (Å²) < 4.78 is 9.94. The van der Waals surface area contributed by atoms with Crippen LogP contribution >= 0.6 is 0 Å². The Hall–Kier alpha value is -5.94. The van der Waals surface area contributed by atoms with Gasteiger partial charge in [-0.2, -0.15) is 10.2 Å². The van der Waals surface area contributed by atoms with E-state index in [0.29, 0.717) is 19.1 Å². The lowest BCUT2D eigenvalue weighted by Crippen LogP contribution is -2.32. The summed E-state index contributed by atoms with van der Waals surface area (Å²) in [5.41, 5.74) is 13.9. The van der Waals surface area contributed by atoms with Crippen molar-refractivity contribution in [3.63, 3.8) is 0 Å². The lowest BCUT2D eigenvalue weighted by Gasteiger charge is -2.19. The van der Waals surface area contributed by atoms with E-state index in [0.717, 1.165) is 142 Å². The Morgan fingerprint density at radius 3 is 1.58 bits per heavy atom. The summed E-state index contributed by atoms with van der Waals surface area (Å²) in [6.07, 6.45) is 23.4. The van der Waals surface area contributed by atoms with Gasteiger partial charge in [-0.3, -0.25) is 28.9 Å². The summed E-state index contributed by atoms with van der Waals surface area (Å²) in [7, 11) is 0. The van der Waals surface area contributed by atoms with Crippen molar-refractivity contribution >= 4 is 11.8 Å². The minimum atomic E-state index is 0.103. The Kier molecular flexibility index (Phi) is 13.2. The maximum atomic E-state index is 13.2. The zero-order chi connectivity index (χ0) is 46.0. The molecule has 11 heteroatoms. The SMILES string of the molecule is CC.Cc1ccc(-c2cnn(CC3CCCC3)c2)c(-c2ccc3c(c2)C(=O)N(C2CC2)C3)n1.Cc1ccc(-c2cnn(CC3CCCC3)c2)c(-c2ccc3c(c2)C(=O)N(CC2CCCO2)C3)n1. The maximum absolute atomic E-state index is 13.2. The number of ether oxygens (including phenoxy) is 1. The van der Waals surface area contributed by atoms with Gasteiger partial charge in [0.1, 0.15) is 0 Å². The summed E-state index contributed by atoms with van der Waals surface area (Å²) in [6.45, 7) is 12.9. The number of nitrogens with zero attached hydrogens (tertiary/aromatic N) is 8. The van der Waals surface area contributed by atoms with E-state index in [4.69, 9.17) is 14.7 Å². The van der Waals surface area contributed by atoms with Crippen molar-refractivity contribution in [3.8, 4) is 44.8 Å². The molecule has 1 unspecified atom stereocenters. The second-order valence-corrected chi connectivity index (χ2v) is 19.6. The van der Waals surface area contributed by atoms with Crippen molar-refractivity contribution in [1.82, 2.24) is 39.3 Å². The molecule has 2 amide bonds. The second-order valence-electron chi connectivity index (χ2n) is 19.6. The van der Waals surface area contributed by atoms with Crippen LogP contribution in [0.15, 0.2) is 85.5 Å². The number of benzene rings is 2. The van der Waals surface area contributed by atoms with Crippen molar-refractivity contribution in [2.45, 2.75) is 143 Å². The molecule has 11 nitrogen and oxygen atoms in total. The van der Waals surface area contributed by atoms with Crippen LogP contribution in [0, 0.1) is 25.7 Å². The number of carbonyl (C=O) groups is 2. The fraction of sp³-hybridized carbons (Fsp3) is 0.464. The van der Waals surface area contributed by atoms with Gasteiger partial charge in [-0.15, -0.1) is 0 Å². The third-order valence-corrected chi connectivity index (χ3v) is 14.7. The molecule has 1 saturated heterocycles. The first-order chi connectivity index (χ1) is 32.8. The highest BCUT2D eigenvalue weighted by Gasteiger charge is 2.38. The monoisotopic (exact) mass is 899 g/mol. The largest absolute Gasteiger partial charge is 0.376 e. The van der Waals surface area contributed by atoms with E-state index in [1.807, 2.05) is 62.0 Å². The third kappa shape index (κ3) is 9.76. The van der Waals surface area contributed by atoms with Gasteiger partial charge in [0.25, 0.3) is 11.8 Å². The topological polar surface area (TPSA) is 111 Å². The van der Waals surface area contributed by atoms with E-state index >= 15 is 0 Å². The van der Waals surface area contributed by atoms with Crippen LogP contribution < -0.4 is 0 Å². The number of hydrogen-bond acceptors (Lipinski definition) is 7. The van der Waals surface area contributed by atoms with Crippen molar-refractivity contribution in [2.75, 3.05) is 13.2 Å². The molecule has 4 aromatic heterocycles. The molecule has 7 heterocycles. The molecule has 2 aromatic carbocycles. The third-order valence-electron chi connectivity index (χ3n) is 14.7. The average Bonchev–Trinajstić information content (AvgIpc) is 4.14. The van der Waals surface area contributed by atoms with Crippen molar-refractivity contribution < 1.29 is 14.3 Å². The van der Waals surface area contributed by atoms with Crippen molar-refractivity contribution in [1.29, 1.82) is 0 Å².